The molecule has 0 saturated carbocycles. The van der Waals surface area contributed by atoms with Crippen molar-refractivity contribution in [1.82, 2.24) is 10.3 Å². The van der Waals surface area contributed by atoms with Crippen molar-refractivity contribution >= 4 is 17.6 Å². The monoisotopic (exact) mass is 273 g/mol. The van der Waals surface area contributed by atoms with Crippen LogP contribution in [0.5, 0.6) is 0 Å². The minimum atomic E-state index is -4.52. The molecule has 1 aromatic rings. The van der Waals surface area contributed by atoms with Gasteiger partial charge in [-0.15, -0.1) is 0 Å². The van der Waals surface area contributed by atoms with E-state index in [2.05, 4.69) is 10.3 Å². The van der Waals surface area contributed by atoms with Crippen molar-refractivity contribution in [3.63, 3.8) is 0 Å². The first kappa shape index (κ1) is 13.3. The molecule has 1 fully saturated rings. The molecule has 0 aliphatic carbocycles. The molecule has 1 aliphatic heterocycles. The van der Waals surface area contributed by atoms with Gasteiger partial charge >= 0.3 is 12.2 Å². The van der Waals surface area contributed by atoms with Crippen LogP contribution in [0.1, 0.15) is 12.6 Å². The summed E-state index contributed by atoms with van der Waals surface area (Å²) in [7, 11) is 0. The number of hydrogen-bond donors (Lipinski definition) is 1. The van der Waals surface area contributed by atoms with Gasteiger partial charge in [0.1, 0.15) is 5.69 Å². The van der Waals surface area contributed by atoms with Crippen LogP contribution in [-0.4, -0.2) is 23.5 Å². The molecule has 1 N–H and O–H groups in total. The Morgan fingerprint density at radius 3 is 2.58 bits per heavy atom. The number of urea groups is 1. The van der Waals surface area contributed by atoms with Crippen LogP contribution in [0.3, 0.4) is 0 Å². The van der Waals surface area contributed by atoms with E-state index in [0.717, 1.165) is 18.3 Å². The fourth-order valence-electron chi connectivity index (χ4n) is 1.67. The molecule has 5 nitrogen and oxygen atoms in total. The number of aromatic nitrogens is 1. The fourth-order valence-corrected chi connectivity index (χ4v) is 1.67. The molecule has 1 unspecified atom stereocenters. The molecule has 8 heteroatoms. The van der Waals surface area contributed by atoms with Crippen molar-refractivity contribution in [2.45, 2.75) is 13.1 Å². The lowest BCUT2D eigenvalue weighted by atomic mass is 10.1. The normalized spacial score (nSPS) is 20.4. The summed E-state index contributed by atoms with van der Waals surface area (Å²) >= 11 is 0. The number of hydrogen-bond acceptors (Lipinski definition) is 3. The summed E-state index contributed by atoms with van der Waals surface area (Å²) in [5, 5.41) is 2.12. The lowest BCUT2D eigenvalue weighted by molar-refractivity contribution is -0.141. The van der Waals surface area contributed by atoms with Crippen molar-refractivity contribution in [2.24, 2.45) is 5.92 Å². The second kappa shape index (κ2) is 4.52. The third-order valence-corrected chi connectivity index (χ3v) is 2.73. The molecule has 0 spiro atoms. The zero-order chi connectivity index (χ0) is 14.2. The zero-order valence-corrected chi connectivity index (χ0v) is 9.86. The van der Waals surface area contributed by atoms with E-state index in [4.69, 9.17) is 0 Å². The molecule has 0 aromatic carbocycles. The van der Waals surface area contributed by atoms with Crippen molar-refractivity contribution in [2.75, 3.05) is 11.4 Å². The summed E-state index contributed by atoms with van der Waals surface area (Å²) in [6.07, 6.45) is -3.56. The Morgan fingerprint density at radius 1 is 1.37 bits per heavy atom. The van der Waals surface area contributed by atoms with Gasteiger partial charge < -0.3 is 0 Å². The fraction of sp³-hybridized carbons (Fsp3) is 0.364. The van der Waals surface area contributed by atoms with E-state index in [9.17, 15) is 22.8 Å². The second-order valence-electron chi connectivity index (χ2n) is 4.21. The highest BCUT2D eigenvalue weighted by molar-refractivity contribution is 6.06. The molecule has 1 aromatic heterocycles. The number of anilines is 1. The third kappa shape index (κ3) is 2.67. The highest BCUT2D eigenvalue weighted by Gasteiger charge is 2.34. The number of alkyl halides is 3. The van der Waals surface area contributed by atoms with Crippen molar-refractivity contribution < 1.29 is 22.8 Å². The molecule has 0 radical (unpaired) electrons. The number of amides is 3. The van der Waals surface area contributed by atoms with Gasteiger partial charge in [0.05, 0.1) is 17.8 Å². The highest BCUT2D eigenvalue weighted by Crippen LogP contribution is 2.28. The Bertz CT molecular complexity index is 513. The van der Waals surface area contributed by atoms with E-state index >= 15 is 0 Å². The zero-order valence-electron chi connectivity index (χ0n) is 9.86. The van der Waals surface area contributed by atoms with Crippen LogP contribution in [0, 0.1) is 5.92 Å². The van der Waals surface area contributed by atoms with Crippen LogP contribution in [0.25, 0.3) is 0 Å². The average molecular weight is 273 g/mol. The van der Waals surface area contributed by atoms with Gasteiger partial charge in [-0.3, -0.25) is 15.0 Å². The molecule has 0 bridgehead atoms. The van der Waals surface area contributed by atoms with Gasteiger partial charge in [0.15, 0.2) is 0 Å². The number of nitrogens with zero attached hydrogens (tertiary/aromatic N) is 2. The maximum atomic E-state index is 12.4. The molecule has 1 aliphatic rings. The maximum Gasteiger partial charge on any atom is 0.433 e. The Labute approximate surface area is 106 Å². The lowest BCUT2D eigenvalue weighted by Crippen LogP contribution is -2.53. The summed E-state index contributed by atoms with van der Waals surface area (Å²) in [5.74, 6) is -0.832. The molecule has 19 heavy (non-hydrogen) atoms. The molecule has 2 rings (SSSR count). The maximum absolute atomic E-state index is 12.4. The first-order chi connectivity index (χ1) is 8.79. The molecule has 1 saturated heterocycles. The number of carbonyl (C=O) groups is 2. The van der Waals surface area contributed by atoms with Gasteiger partial charge in [-0.2, -0.15) is 13.2 Å². The van der Waals surface area contributed by atoms with Gasteiger partial charge in [0.25, 0.3) is 0 Å². The van der Waals surface area contributed by atoms with E-state index in [1.165, 1.54) is 4.90 Å². The number of carbonyl (C=O) groups excluding carboxylic acids is 2. The van der Waals surface area contributed by atoms with Crippen molar-refractivity contribution in [3.05, 3.63) is 24.0 Å². The molecule has 102 valence electrons. The van der Waals surface area contributed by atoms with Crippen LogP contribution < -0.4 is 10.2 Å². The summed E-state index contributed by atoms with van der Waals surface area (Å²) < 4.78 is 37.1. The van der Waals surface area contributed by atoms with E-state index in [1.54, 1.807) is 6.92 Å². The number of rotatable bonds is 1. The van der Waals surface area contributed by atoms with Crippen LogP contribution in [0.15, 0.2) is 18.3 Å². The van der Waals surface area contributed by atoms with Gasteiger partial charge in [0.2, 0.25) is 5.91 Å². The topological polar surface area (TPSA) is 62.3 Å². The average Bonchev–Trinajstić information content (AvgIpc) is 2.33. The molecule has 3 amide bonds. The van der Waals surface area contributed by atoms with Gasteiger partial charge in [0, 0.05) is 6.54 Å². The van der Waals surface area contributed by atoms with Gasteiger partial charge in [-0.05, 0) is 12.1 Å². The van der Waals surface area contributed by atoms with Crippen LogP contribution in [-0.2, 0) is 11.0 Å². The first-order valence-corrected chi connectivity index (χ1v) is 5.44. The third-order valence-electron chi connectivity index (χ3n) is 2.73. The largest absolute Gasteiger partial charge is 0.433 e. The van der Waals surface area contributed by atoms with Gasteiger partial charge in [-0.1, -0.05) is 6.92 Å². The van der Waals surface area contributed by atoms with Crippen LogP contribution in [0.4, 0.5) is 23.7 Å². The van der Waals surface area contributed by atoms with E-state index in [-0.39, 0.29) is 12.2 Å². The quantitative estimate of drug-likeness (QED) is 0.848. The Kier molecular flexibility index (Phi) is 3.17. The molecule has 1 atom stereocenters. The van der Waals surface area contributed by atoms with E-state index in [0.29, 0.717) is 0 Å². The standard InChI is InChI=1S/C11H10F3N3O2/c1-6-5-17(10(19)16-9(6)18)7-2-3-8(15-4-7)11(12,13)14/h2-4,6H,5H2,1H3,(H,16,18,19). The molecular weight excluding hydrogens is 263 g/mol. The predicted octanol–water partition coefficient (Wildman–Crippen LogP) is 1.79. The summed E-state index contributed by atoms with van der Waals surface area (Å²) in [6, 6.07) is 1.28. The van der Waals surface area contributed by atoms with E-state index < -0.39 is 29.7 Å². The second-order valence-corrected chi connectivity index (χ2v) is 4.21. The van der Waals surface area contributed by atoms with Gasteiger partial charge in [-0.25, -0.2) is 9.78 Å². The Balaban J connectivity index is 2.23. The highest BCUT2D eigenvalue weighted by atomic mass is 19.4. The Morgan fingerprint density at radius 2 is 2.05 bits per heavy atom. The minimum Gasteiger partial charge on any atom is -0.292 e. The summed E-state index contributed by atoms with van der Waals surface area (Å²) in [5.41, 5.74) is -0.817. The predicted molar refractivity (Wildman–Crippen MR) is 59.3 cm³/mol. The summed E-state index contributed by atoms with van der Waals surface area (Å²) in [4.78, 5) is 27.3. The van der Waals surface area contributed by atoms with Crippen molar-refractivity contribution in [1.29, 1.82) is 0 Å². The number of pyridine rings is 1. The smallest absolute Gasteiger partial charge is 0.292 e. The van der Waals surface area contributed by atoms with Crippen LogP contribution in [0.2, 0.25) is 0 Å². The molecular formula is C11H10F3N3O2. The minimum absolute atomic E-state index is 0.109. The SMILES string of the molecule is CC1CN(c2ccc(C(F)(F)F)nc2)C(=O)NC1=O. The Hall–Kier alpha value is -2.12. The summed E-state index contributed by atoms with van der Waals surface area (Å²) in [6.45, 7) is 1.73. The number of nitrogens with one attached hydrogen (secondary N) is 1. The first-order valence-electron chi connectivity index (χ1n) is 5.44. The van der Waals surface area contributed by atoms with Crippen molar-refractivity contribution in [3.8, 4) is 0 Å². The number of imide groups is 1. The van der Waals surface area contributed by atoms with Crippen LogP contribution >= 0.6 is 0 Å². The van der Waals surface area contributed by atoms with E-state index in [1.807, 2.05) is 0 Å². The lowest BCUT2D eigenvalue weighted by Gasteiger charge is -2.30. The molecule has 2 heterocycles. The number of halogens is 3.